The van der Waals surface area contributed by atoms with Crippen molar-refractivity contribution in [1.82, 2.24) is 0 Å². The minimum Gasteiger partial charge on any atom is -0.486 e. The van der Waals surface area contributed by atoms with Crippen LogP contribution >= 0.6 is 11.6 Å². The lowest BCUT2D eigenvalue weighted by atomic mass is 9.89. The van der Waals surface area contributed by atoms with Gasteiger partial charge in [0.15, 0.2) is 11.5 Å². The van der Waals surface area contributed by atoms with Crippen molar-refractivity contribution in [3.63, 3.8) is 0 Å². The molecule has 2 heterocycles. The van der Waals surface area contributed by atoms with Gasteiger partial charge in [-0.3, -0.25) is 0 Å². The maximum absolute atomic E-state index is 10.7. The van der Waals surface area contributed by atoms with Crippen LogP contribution in [0.1, 0.15) is 47.1 Å². The van der Waals surface area contributed by atoms with E-state index in [-0.39, 0.29) is 0 Å². The highest BCUT2D eigenvalue weighted by atomic mass is 35.5. The highest BCUT2D eigenvalue weighted by Gasteiger charge is 2.45. The van der Waals surface area contributed by atoms with Crippen molar-refractivity contribution in [2.24, 2.45) is 0 Å². The smallest absolute Gasteiger partial charge is 0.180 e. The second-order valence-electron chi connectivity index (χ2n) is 8.74. The molecule has 2 aromatic carbocycles. The molecule has 5 unspecified atom stereocenters. The van der Waals surface area contributed by atoms with E-state index in [1.165, 1.54) is 18.4 Å². The van der Waals surface area contributed by atoms with Crippen LogP contribution in [0.25, 0.3) is 0 Å². The van der Waals surface area contributed by atoms with E-state index in [4.69, 9.17) is 25.8 Å². The predicted octanol–water partition coefficient (Wildman–Crippen LogP) is 2.09. The Labute approximate surface area is 191 Å². The zero-order valence-corrected chi connectivity index (χ0v) is 18.2. The molecule has 5 atom stereocenters. The summed E-state index contributed by atoms with van der Waals surface area (Å²) in [6.07, 6.45) is -3.37. The van der Waals surface area contributed by atoms with Crippen molar-refractivity contribution in [3.05, 3.63) is 57.6 Å². The number of rotatable bonds is 5. The maximum Gasteiger partial charge on any atom is 0.180 e. The van der Waals surface area contributed by atoms with Gasteiger partial charge < -0.3 is 34.6 Å². The second-order valence-corrected chi connectivity index (χ2v) is 9.11. The van der Waals surface area contributed by atoms with E-state index in [9.17, 15) is 20.4 Å². The average molecular weight is 463 g/mol. The molecule has 0 spiro atoms. The van der Waals surface area contributed by atoms with Gasteiger partial charge in [0.25, 0.3) is 0 Å². The van der Waals surface area contributed by atoms with E-state index in [0.29, 0.717) is 47.6 Å². The highest BCUT2D eigenvalue weighted by Crippen LogP contribution is 2.48. The van der Waals surface area contributed by atoms with Gasteiger partial charge in [0.2, 0.25) is 0 Å². The van der Waals surface area contributed by atoms with Crippen LogP contribution in [0, 0.1) is 0 Å². The highest BCUT2D eigenvalue weighted by molar-refractivity contribution is 6.33. The van der Waals surface area contributed by atoms with Crippen molar-refractivity contribution < 1.29 is 34.6 Å². The number of hydrogen-bond donors (Lipinski definition) is 4. The lowest BCUT2D eigenvalue weighted by molar-refractivity contribution is -0.232. The Hall–Kier alpha value is -1.87. The Morgan fingerprint density at radius 1 is 0.906 bits per heavy atom. The third-order valence-corrected chi connectivity index (χ3v) is 6.89. The van der Waals surface area contributed by atoms with Crippen LogP contribution in [-0.4, -0.2) is 64.7 Å². The Morgan fingerprint density at radius 2 is 1.59 bits per heavy atom. The Kier molecular flexibility index (Phi) is 6.05. The van der Waals surface area contributed by atoms with E-state index in [2.05, 4.69) is 24.3 Å². The van der Waals surface area contributed by atoms with Crippen molar-refractivity contribution in [2.75, 3.05) is 19.8 Å². The molecule has 2 aromatic rings. The lowest BCUT2D eigenvalue weighted by Crippen LogP contribution is -2.55. The van der Waals surface area contributed by atoms with Gasteiger partial charge in [-0.15, -0.1) is 0 Å². The molecule has 1 aliphatic carbocycles. The van der Waals surface area contributed by atoms with Crippen LogP contribution in [0.2, 0.25) is 5.02 Å². The van der Waals surface area contributed by atoms with E-state index in [1.807, 2.05) is 0 Å². The van der Waals surface area contributed by atoms with Crippen LogP contribution < -0.4 is 9.47 Å². The van der Waals surface area contributed by atoms with Crippen LogP contribution in [-0.2, 0) is 11.2 Å². The first-order valence-corrected chi connectivity index (χ1v) is 11.4. The summed E-state index contributed by atoms with van der Waals surface area (Å²) in [6.45, 7) is 0.130. The molecule has 0 radical (unpaired) electrons. The fraction of sp³-hybridized carbons (Fsp3) is 0.500. The third-order valence-electron chi connectivity index (χ3n) is 6.48. The molecule has 172 valence electrons. The molecule has 8 heteroatoms. The predicted molar refractivity (Wildman–Crippen MR) is 116 cm³/mol. The molecule has 0 bridgehead atoms. The molecule has 3 aliphatic rings. The number of ether oxygens (including phenoxy) is 3. The van der Waals surface area contributed by atoms with Crippen molar-refractivity contribution in [1.29, 1.82) is 0 Å². The summed E-state index contributed by atoms with van der Waals surface area (Å²) in [5.41, 5.74) is 3.66. The number of benzene rings is 2. The quantitative estimate of drug-likeness (QED) is 0.538. The summed E-state index contributed by atoms with van der Waals surface area (Å²) in [4.78, 5) is 0. The Bertz CT molecular complexity index is 973. The molecule has 0 aromatic heterocycles. The van der Waals surface area contributed by atoms with Crippen LogP contribution in [0.4, 0.5) is 0 Å². The molecule has 4 N–H and O–H groups in total. The number of aliphatic hydroxyl groups excluding tert-OH is 4. The van der Waals surface area contributed by atoms with Crippen molar-refractivity contribution in [3.8, 4) is 11.5 Å². The molecule has 2 aliphatic heterocycles. The number of hydrogen-bond acceptors (Lipinski definition) is 7. The lowest BCUT2D eigenvalue weighted by Gasteiger charge is -2.41. The fourth-order valence-electron chi connectivity index (χ4n) is 4.50. The number of aliphatic hydroxyl groups is 4. The monoisotopic (exact) mass is 462 g/mol. The molecule has 2 fully saturated rings. The summed E-state index contributed by atoms with van der Waals surface area (Å²) in [5.74, 6) is 1.40. The van der Waals surface area contributed by atoms with E-state index < -0.39 is 37.1 Å². The van der Waals surface area contributed by atoms with Gasteiger partial charge >= 0.3 is 0 Å². The topological polar surface area (TPSA) is 109 Å². The molecular weight excluding hydrogens is 436 g/mol. The second kappa shape index (κ2) is 8.82. The van der Waals surface area contributed by atoms with E-state index in [1.54, 1.807) is 6.07 Å². The molecule has 0 amide bonds. The van der Waals surface area contributed by atoms with Crippen LogP contribution in [0.5, 0.6) is 11.5 Å². The van der Waals surface area contributed by atoms with Gasteiger partial charge in [-0.2, -0.15) is 0 Å². The van der Waals surface area contributed by atoms with Crippen molar-refractivity contribution in [2.45, 2.75) is 55.7 Å². The Morgan fingerprint density at radius 3 is 2.25 bits per heavy atom. The standard InChI is InChI=1S/C24H27ClO7/c25-18-15(9-12-1-3-13(4-2-12)14-5-6-14)10-16(23-24(18)31-8-7-30-23)22-21(29)20(28)19(27)17(11-26)32-22/h1-4,10,14,17,19-22,26-29H,5-9,11H2. The third kappa shape index (κ3) is 3.98. The average Bonchev–Trinajstić information content (AvgIpc) is 3.66. The van der Waals surface area contributed by atoms with Crippen LogP contribution in [0.3, 0.4) is 0 Å². The normalized spacial score (nSPS) is 29.7. The molecule has 1 saturated heterocycles. The first-order chi connectivity index (χ1) is 15.5. The number of fused-ring (bicyclic) bond motifs is 1. The van der Waals surface area contributed by atoms with Gasteiger partial charge in [0, 0.05) is 5.56 Å². The van der Waals surface area contributed by atoms with Gasteiger partial charge in [0.05, 0.1) is 11.6 Å². The molecule has 32 heavy (non-hydrogen) atoms. The van der Waals surface area contributed by atoms with Gasteiger partial charge in [-0.1, -0.05) is 35.9 Å². The summed E-state index contributed by atoms with van der Waals surface area (Å²) >= 11 is 6.69. The molecule has 7 nitrogen and oxygen atoms in total. The zero-order chi connectivity index (χ0) is 22.4. The van der Waals surface area contributed by atoms with Gasteiger partial charge in [-0.05, 0) is 47.9 Å². The summed E-state index contributed by atoms with van der Waals surface area (Å²) < 4.78 is 17.4. The van der Waals surface area contributed by atoms with Gasteiger partial charge in [0.1, 0.15) is 43.7 Å². The summed E-state index contributed by atoms with van der Waals surface area (Å²) in [7, 11) is 0. The largest absolute Gasteiger partial charge is 0.486 e. The Balaban J connectivity index is 1.52. The minimum atomic E-state index is -1.49. The molecule has 1 saturated carbocycles. The van der Waals surface area contributed by atoms with Crippen molar-refractivity contribution >= 4 is 11.6 Å². The first kappa shape index (κ1) is 21.9. The summed E-state index contributed by atoms with van der Waals surface area (Å²) in [6, 6.07) is 10.3. The van der Waals surface area contributed by atoms with E-state index >= 15 is 0 Å². The van der Waals surface area contributed by atoms with E-state index in [0.717, 1.165) is 11.1 Å². The van der Waals surface area contributed by atoms with Crippen LogP contribution in [0.15, 0.2) is 30.3 Å². The fourth-order valence-corrected chi connectivity index (χ4v) is 4.76. The first-order valence-electron chi connectivity index (χ1n) is 11.0. The summed E-state index contributed by atoms with van der Waals surface area (Å²) in [5, 5.41) is 41.1. The van der Waals surface area contributed by atoms with Gasteiger partial charge in [-0.25, -0.2) is 0 Å². The zero-order valence-electron chi connectivity index (χ0n) is 17.5. The molecule has 5 rings (SSSR count). The SMILES string of the molecule is OCC1OC(c2cc(Cc3ccc(C4CC4)cc3)c(Cl)c3c2OCCO3)C(O)C(O)C1O. The minimum absolute atomic E-state index is 0.301. The maximum atomic E-state index is 10.7. The molecular formula is C24H27ClO7. The number of halogens is 1.